The molecule has 0 radical (unpaired) electrons. The van der Waals surface area contributed by atoms with Crippen molar-refractivity contribution in [1.29, 1.82) is 0 Å². The van der Waals surface area contributed by atoms with Crippen molar-refractivity contribution >= 4 is 39.0 Å². The lowest BCUT2D eigenvalue weighted by molar-refractivity contribution is 0.0940. The number of carbonyl (C=O) groups excluding carboxylic acids is 1. The summed E-state index contributed by atoms with van der Waals surface area (Å²) in [6, 6.07) is 4.39. The molecule has 2 aromatic heterocycles. The summed E-state index contributed by atoms with van der Waals surface area (Å²) < 4.78 is 25.1. The standard InChI is InChI=1S/C22H26FN5O3S/c1-13-18-20(26-12-27-22(18)32-19(13)21(29)25-8-9-30-2)28-16-6-5-14(23)10-17(16)31-15-4-3-7-24-11-15/h5-6,10,12,15,24H,3-4,7-9,11H2,1-2H3,(H,25,29)(H,26,27,28)/t15-/m0/s1. The fraction of sp³-hybridized carbons (Fsp3) is 0.409. The zero-order chi connectivity index (χ0) is 22.5. The number of carbonyl (C=O) groups is 1. The van der Waals surface area contributed by atoms with Gasteiger partial charge in [0.15, 0.2) is 0 Å². The summed E-state index contributed by atoms with van der Waals surface area (Å²) >= 11 is 1.31. The van der Waals surface area contributed by atoms with Gasteiger partial charge in [-0.25, -0.2) is 14.4 Å². The molecule has 1 amide bonds. The molecular formula is C22H26FN5O3S. The number of methoxy groups -OCH3 is 1. The Kier molecular flexibility index (Phi) is 7.13. The Hall–Kier alpha value is -2.82. The van der Waals surface area contributed by atoms with Gasteiger partial charge in [0.1, 0.15) is 34.6 Å². The van der Waals surface area contributed by atoms with Gasteiger partial charge >= 0.3 is 0 Å². The lowest BCUT2D eigenvalue weighted by atomic mass is 10.1. The summed E-state index contributed by atoms with van der Waals surface area (Å²) in [5, 5.41) is 10.2. The number of rotatable bonds is 8. The molecule has 1 aliphatic heterocycles. The first kappa shape index (κ1) is 22.4. The normalized spacial score (nSPS) is 16.2. The van der Waals surface area contributed by atoms with Gasteiger partial charge in [0.05, 0.1) is 22.6 Å². The lowest BCUT2D eigenvalue weighted by Crippen LogP contribution is -2.37. The zero-order valence-electron chi connectivity index (χ0n) is 18.0. The van der Waals surface area contributed by atoms with Crippen LogP contribution in [-0.2, 0) is 4.74 Å². The Labute approximate surface area is 189 Å². The molecule has 4 rings (SSSR count). The molecule has 3 heterocycles. The molecule has 1 atom stereocenters. The van der Waals surface area contributed by atoms with E-state index < -0.39 is 0 Å². The number of hydrogen-bond acceptors (Lipinski definition) is 8. The van der Waals surface area contributed by atoms with Crippen LogP contribution in [0.2, 0.25) is 0 Å². The minimum absolute atomic E-state index is 0.0261. The van der Waals surface area contributed by atoms with Crippen LogP contribution in [0.5, 0.6) is 5.75 Å². The highest BCUT2D eigenvalue weighted by molar-refractivity contribution is 7.20. The highest BCUT2D eigenvalue weighted by Crippen LogP contribution is 2.36. The molecule has 8 nitrogen and oxygen atoms in total. The van der Waals surface area contributed by atoms with E-state index in [0.29, 0.717) is 40.1 Å². The number of ether oxygens (including phenoxy) is 2. The highest BCUT2D eigenvalue weighted by atomic mass is 32.1. The van der Waals surface area contributed by atoms with E-state index in [1.165, 1.54) is 29.8 Å². The molecule has 1 fully saturated rings. The molecule has 3 N–H and O–H groups in total. The van der Waals surface area contributed by atoms with Crippen LogP contribution >= 0.6 is 11.3 Å². The Morgan fingerprint density at radius 2 is 2.25 bits per heavy atom. The Morgan fingerprint density at radius 1 is 1.38 bits per heavy atom. The molecule has 0 bridgehead atoms. The minimum Gasteiger partial charge on any atom is -0.487 e. The summed E-state index contributed by atoms with van der Waals surface area (Å²) in [6.45, 7) is 4.41. The number of aromatic nitrogens is 2. The predicted octanol–water partition coefficient (Wildman–Crippen LogP) is 3.39. The van der Waals surface area contributed by atoms with Crippen LogP contribution in [0.4, 0.5) is 15.9 Å². The number of anilines is 2. The van der Waals surface area contributed by atoms with Crippen molar-refractivity contribution in [2.45, 2.75) is 25.9 Å². The van der Waals surface area contributed by atoms with Gasteiger partial charge in [-0.05, 0) is 44.0 Å². The number of nitrogens with zero attached hydrogens (tertiary/aromatic N) is 2. The molecule has 0 saturated carbocycles. The maximum Gasteiger partial charge on any atom is 0.261 e. The van der Waals surface area contributed by atoms with Gasteiger partial charge in [-0.15, -0.1) is 11.3 Å². The average molecular weight is 460 g/mol. The Bertz CT molecular complexity index is 1100. The predicted molar refractivity (Wildman–Crippen MR) is 123 cm³/mol. The SMILES string of the molecule is COCCNC(=O)c1sc2ncnc(Nc3ccc(F)cc3O[C@H]3CCCNC3)c2c1C. The second-order valence-electron chi connectivity index (χ2n) is 7.56. The van der Waals surface area contributed by atoms with E-state index in [9.17, 15) is 9.18 Å². The third-order valence-electron chi connectivity index (χ3n) is 5.27. The van der Waals surface area contributed by atoms with Crippen molar-refractivity contribution in [2.75, 3.05) is 38.7 Å². The van der Waals surface area contributed by atoms with E-state index in [4.69, 9.17) is 9.47 Å². The Balaban J connectivity index is 1.62. The fourth-order valence-electron chi connectivity index (χ4n) is 3.65. The van der Waals surface area contributed by atoms with Crippen LogP contribution in [0.1, 0.15) is 28.1 Å². The summed E-state index contributed by atoms with van der Waals surface area (Å²) in [4.78, 5) is 22.6. The highest BCUT2D eigenvalue weighted by Gasteiger charge is 2.21. The smallest absolute Gasteiger partial charge is 0.261 e. The maximum atomic E-state index is 14.0. The molecule has 3 aromatic rings. The van der Waals surface area contributed by atoms with Crippen LogP contribution in [0, 0.1) is 12.7 Å². The first-order valence-corrected chi connectivity index (χ1v) is 11.3. The molecule has 0 unspecified atom stereocenters. The number of fused-ring (bicyclic) bond motifs is 1. The van der Waals surface area contributed by atoms with Gasteiger partial charge in [-0.1, -0.05) is 0 Å². The first-order valence-electron chi connectivity index (χ1n) is 10.5. The largest absolute Gasteiger partial charge is 0.487 e. The van der Waals surface area contributed by atoms with Gasteiger partial charge in [0.25, 0.3) is 5.91 Å². The van der Waals surface area contributed by atoms with Gasteiger partial charge in [0, 0.05) is 26.3 Å². The number of thiophene rings is 1. The number of aryl methyl sites for hydroxylation is 1. The van der Waals surface area contributed by atoms with Crippen molar-refractivity contribution < 1.29 is 18.7 Å². The maximum absolute atomic E-state index is 14.0. The van der Waals surface area contributed by atoms with Crippen molar-refractivity contribution in [3.8, 4) is 5.75 Å². The molecule has 1 aliphatic rings. The topological polar surface area (TPSA) is 97.4 Å². The van der Waals surface area contributed by atoms with E-state index in [2.05, 4.69) is 25.9 Å². The average Bonchev–Trinajstić information content (AvgIpc) is 3.14. The van der Waals surface area contributed by atoms with Crippen LogP contribution in [0.3, 0.4) is 0 Å². The molecule has 1 saturated heterocycles. The van der Waals surface area contributed by atoms with E-state index in [1.54, 1.807) is 13.2 Å². The third kappa shape index (κ3) is 4.98. The fourth-order valence-corrected chi connectivity index (χ4v) is 4.72. The Morgan fingerprint density at radius 3 is 3.03 bits per heavy atom. The molecule has 32 heavy (non-hydrogen) atoms. The van der Waals surface area contributed by atoms with Gasteiger partial charge in [-0.3, -0.25) is 4.79 Å². The summed E-state index contributed by atoms with van der Waals surface area (Å²) in [5.41, 5.74) is 1.39. The second-order valence-corrected chi connectivity index (χ2v) is 8.56. The van der Waals surface area contributed by atoms with Crippen LogP contribution in [0.25, 0.3) is 10.2 Å². The lowest BCUT2D eigenvalue weighted by Gasteiger charge is -2.25. The summed E-state index contributed by atoms with van der Waals surface area (Å²) in [7, 11) is 1.59. The first-order chi connectivity index (χ1) is 15.6. The van der Waals surface area contributed by atoms with Gasteiger partial charge in [-0.2, -0.15) is 0 Å². The number of nitrogens with one attached hydrogen (secondary N) is 3. The number of piperidine rings is 1. The summed E-state index contributed by atoms with van der Waals surface area (Å²) in [6.07, 6.45) is 3.34. The van der Waals surface area contributed by atoms with E-state index in [-0.39, 0.29) is 17.8 Å². The van der Waals surface area contributed by atoms with Gasteiger partial charge in [0.2, 0.25) is 0 Å². The quantitative estimate of drug-likeness (QED) is 0.444. The van der Waals surface area contributed by atoms with Crippen molar-refractivity contribution in [3.05, 3.63) is 40.8 Å². The molecule has 0 spiro atoms. The number of halogens is 1. The van der Waals surface area contributed by atoms with E-state index in [0.717, 1.165) is 36.9 Å². The zero-order valence-corrected chi connectivity index (χ0v) is 18.9. The molecule has 170 valence electrons. The number of benzene rings is 1. The van der Waals surface area contributed by atoms with E-state index >= 15 is 0 Å². The van der Waals surface area contributed by atoms with Gasteiger partial charge < -0.3 is 25.4 Å². The van der Waals surface area contributed by atoms with Crippen LogP contribution in [0.15, 0.2) is 24.5 Å². The minimum atomic E-state index is -0.371. The molecule has 1 aromatic carbocycles. The second kappa shape index (κ2) is 10.2. The third-order valence-corrected chi connectivity index (χ3v) is 6.47. The molecule has 10 heteroatoms. The molecule has 0 aliphatic carbocycles. The summed E-state index contributed by atoms with van der Waals surface area (Å²) in [5.74, 6) is 0.418. The molecular weight excluding hydrogens is 433 g/mol. The van der Waals surface area contributed by atoms with E-state index in [1.807, 2.05) is 6.92 Å². The van der Waals surface area contributed by atoms with Crippen molar-refractivity contribution in [2.24, 2.45) is 0 Å². The van der Waals surface area contributed by atoms with Crippen LogP contribution < -0.4 is 20.7 Å². The number of hydrogen-bond donors (Lipinski definition) is 3. The number of amides is 1. The van der Waals surface area contributed by atoms with Crippen molar-refractivity contribution in [3.63, 3.8) is 0 Å². The van der Waals surface area contributed by atoms with Crippen molar-refractivity contribution in [1.82, 2.24) is 20.6 Å². The van der Waals surface area contributed by atoms with Crippen LogP contribution in [-0.4, -0.2) is 55.3 Å². The monoisotopic (exact) mass is 459 g/mol.